The van der Waals surface area contributed by atoms with Crippen LogP contribution in [0.2, 0.25) is 0 Å². The van der Waals surface area contributed by atoms with Crippen molar-refractivity contribution in [2.75, 3.05) is 4.72 Å². The maximum absolute atomic E-state index is 12.4. The van der Waals surface area contributed by atoms with Gasteiger partial charge in [-0.25, -0.2) is 8.42 Å². The smallest absolute Gasteiger partial charge is 0.271 e. The number of nitro benzene ring substituents is 1. The maximum atomic E-state index is 12.4. The van der Waals surface area contributed by atoms with Crippen LogP contribution >= 0.6 is 15.9 Å². The lowest BCUT2D eigenvalue weighted by Crippen LogP contribution is -2.14. The Hall–Kier alpha value is -1.93. The molecule has 0 saturated carbocycles. The van der Waals surface area contributed by atoms with E-state index in [0.29, 0.717) is 10.0 Å². The van der Waals surface area contributed by atoms with Crippen molar-refractivity contribution in [1.29, 1.82) is 0 Å². The third-order valence-electron chi connectivity index (χ3n) is 2.75. The van der Waals surface area contributed by atoms with Crippen molar-refractivity contribution in [1.82, 2.24) is 0 Å². The van der Waals surface area contributed by atoms with Crippen molar-refractivity contribution in [2.45, 2.75) is 11.8 Å². The maximum Gasteiger partial charge on any atom is 0.271 e. The Kier molecular flexibility index (Phi) is 4.29. The highest BCUT2D eigenvalue weighted by molar-refractivity contribution is 9.10. The molecule has 0 aliphatic carbocycles. The van der Waals surface area contributed by atoms with E-state index in [1.807, 2.05) is 0 Å². The van der Waals surface area contributed by atoms with Gasteiger partial charge in [0.25, 0.3) is 15.7 Å². The molecule has 2 rings (SSSR count). The lowest BCUT2D eigenvalue weighted by atomic mass is 10.2. The first-order valence-corrected chi connectivity index (χ1v) is 8.10. The summed E-state index contributed by atoms with van der Waals surface area (Å²) in [6.07, 6.45) is 0. The molecule has 8 heteroatoms. The Balaban J connectivity index is 2.40. The van der Waals surface area contributed by atoms with E-state index in [1.165, 1.54) is 30.3 Å². The summed E-state index contributed by atoms with van der Waals surface area (Å²) in [5.41, 5.74) is 0.542. The minimum Gasteiger partial charge on any atom is -0.279 e. The van der Waals surface area contributed by atoms with Crippen LogP contribution in [-0.2, 0) is 10.0 Å². The Morgan fingerprint density at radius 1 is 1.19 bits per heavy atom. The second-order valence-corrected chi connectivity index (χ2v) is 6.89. The Bertz CT molecular complexity index is 806. The average Bonchev–Trinajstić information content (AvgIpc) is 2.41. The molecule has 0 fully saturated rings. The molecule has 0 unspecified atom stereocenters. The molecule has 0 radical (unpaired) electrons. The predicted molar refractivity (Wildman–Crippen MR) is 82.8 cm³/mol. The summed E-state index contributed by atoms with van der Waals surface area (Å²) in [5, 5.41) is 10.7. The normalized spacial score (nSPS) is 11.1. The SMILES string of the molecule is Cc1ccc(Br)cc1S(=O)(=O)Nc1cccc([N+](=O)[O-])c1. The molecule has 0 atom stereocenters. The van der Waals surface area contributed by atoms with E-state index in [0.717, 1.165) is 0 Å². The standard InChI is InChI=1S/C13H11BrN2O4S/c1-9-5-6-10(14)7-13(9)21(19,20)15-11-3-2-4-12(8-11)16(17)18/h2-8,15H,1H3. The van der Waals surface area contributed by atoms with Crippen LogP contribution in [-0.4, -0.2) is 13.3 Å². The third-order valence-corrected chi connectivity index (χ3v) is 4.77. The van der Waals surface area contributed by atoms with Crippen LogP contribution in [0.5, 0.6) is 0 Å². The highest BCUT2D eigenvalue weighted by Gasteiger charge is 2.18. The first-order valence-electron chi connectivity index (χ1n) is 5.83. The summed E-state index contributed by atoms with van der Waals surface area (Å²) in [6, 6.07) is 10.2. The van der Waals surface area contributed by atoms with Gasteiger partial charge in [-0.3, -0.25) is 14.8 Å². The highest BCUT2D eigenvalue weighted by Crippen LogP contribution is 2.24. The molecule has 0 aliphatic heterocycles. The van der Waals surface area contributed by atoms with Gasteiger partial charge in [-0.2, -0.15) is 0 Å². The molecule has 0 saturated heterocycles. The van der Waals surface area contributed by atoms with E-state index < -0.39 is 14.9 Å². The number of rotatable bonds is 4. The average molecular weight is 371 g/mol. The molecule has 21 heavy (non-hydrogen) atoms. The zero-order chi connectivity index (χ0) is 15.6. The first-order chi connectivity index (χ1) is 9.79. The summed E-state index contributed by atoms with van der Waals surface area (Å²) in [6.45, 7) is 1.68. The molecular weight excluding hydrogens is 360 g/mol. The van der Waals surface area contributed by atoms with Crippen LogP contribution < -0.4 is 4.72 Å². The summed E-state index contributed by atoms with van der Waals surface area (Å²) < 4.78 is 27.7. The molecule has 6 nitrogen and oxygen atoms in total. The highest BCUT2D eigenvalue weighted by atomic mass is 79.9. The van der Waals surface area contributed by atoms with Gasteiger partial charge in [-0.15, -0.1) is 0 Å². The van der Waals surface area contributed by atoms with Gasteiger partial charge in [0.15, 0.2) is 0 Å². The van der Waals surface area contributed by atoms with Crippen LogP contribution in [0.25, 0.3) is 0 Å². The van der Waals surface area contributed by atoms with Crippen molar-refractivity contribution < 1.29 is 13.3 Å². The predicted octanol–water partition coefficient (Wildman–Crippen LogP) is 3.47. The second kappa shape index (κ2) is 5.82. The van der Waals surface area contributed by atoms with Crippen molar-refractivity contribution >= 4 is 37.3 Å². The van der Waals surface area contributed by atoms with Gasteiger partial charge < -0.3 is 0 Å². The molecule has 2 aromatic carbocycles. The molecule has 0 aliphatic rings. The minimum atomic E-state index is -3.81. The molecule has 110 valence electrons. The Labute approximate surface area is 130 Å². The van der Waals surface area contributed by atoms with Gasteiger partial charge in [0.1, 0.15) is 0 Å². The van der Waals surface area contributed by atoms with Crippen LogP contribution in [0.15, 0.2) is 51.8 Å². The summed E-state index contributed by atoms with van der Waals surface area (Å²) in [4.78, 5) is 10.2. The van der Waals surface area contributed by atoms with Gasteiger partial charge in [-0.1, -0.05) is 28.1 Å². The molecule has 0 spiro atoms. The fourth-order valence-corrected chi connectivity index (χ4v) is 3.59. The monoisotopic (exact) mass is 370 g/mol. The number of hydrogen-bond donors (Lipinski definition) is 1. The van der Waals surface area contributed by atoms with E-state index >= 15 is 0 Å². The van der Waals surface area contributed by atoms with Crippen molar-refractivity contribution in [2.24, 2.45) is 0 Å². The van der Waals surface area contributed by atoms with Crippen LogP contribution in [0.1, 0.15) is 5.56 Å². The van der Waals surface area contributed by atoms with E-state index in [2.05, 4.69) is 20.7 Å². The number of halogens is 1. The third kappa shape index (κ3) is 3.59. The molecule has 2 aromatic rings. The topological polar surface area (TPSA) is 89.3 Å². The lowest BCUT2D eigenvalue weighted by Gasteiger charge is -2.10. The lowest BCUT2D eigenvalue weighted by molar-refractivity contribution is -0.384. The quantitative estimate of drug-likeness (QED) is 0.658. The molecule has 0 heterocycles. The van der Waals surface area contributed by atoms with Crippen LogP contribution in [0, 0.1) is 17.0 Å². The first kappa shape index (κ1) is 15.5. The van der Waals surface area contributed by atoms with Crippen molar-refractivity contribution in [3.63, 3.8) is 0 Å². The molecule has 1 N–H and O–H groups in total. The van der Waals surface area contributed by atoms with Crippen molar-refractivity contribution in [3.8, 4) is 0 Å². The molecular formula is C13H11BrN2O4S. The Morgan fingerprint density at radius 3 is 2.57 bits per heavy atom. The number of sulfonamides is 1. The number of aryl methyl sites for hydroxylation is 1. The number of nitro groups is 1. The number of nitrogens with one attached hydrogen (secondary N) is 1. The zero-order valence-corrected chi connectivity index (χ0v) is 13.3. The number of nitrogens with zero attached hydrogens (tertiary/aromatic N) is 1. The van der Waals surface area contributed by atoms with Gasteiger partial charge in [-0.05, 0) is 30.7 Å². The van der Waals surface area contributed by atoms with E-state index in [4.69, 9.17) is 0 Å². The van der Waals surface area contributed by atoms with Gasteiger partial charge in [0.2, 0.25) is 0 Å². The van der Waals surface area contributed by atoms with Crippen molar-refractivity contribution in [3.05, 3.63) is 62.6 Å². The molecule has 0 amide bonds. The van der Waals surface area contributed by atoms with E-state index in [9.17, 15) is 18.5 Å². The molecule has 0 bridgehead atoms. The second-order valence-electron chi connectivity index (χ2n) is 4.32. The summed E-state index contributed by atoms with van der Waals surface area (Å²) in [5.74, 6) is 0. The largest absolute Gasteiger partial charge is 0.279 e. The number of anilines is 1. The van der Waals surface area contributed by atoms with Gasteiger partial charge >= 0.3 is 0 Å². The summed E-state index contributed by atoms with van der Waals surface area (Å²) in [7, 11) is -3.81. The van der Waals surface area contributed by atoms with Crippen LogP contribution in [0.4, 0.5) is 11.4 Å². The van der Waals surface area contributed by atoms with E-state index in [-0.39, 0.29) is 16.3 Å². The van der Waals surface area contributed by atoms with E-state index in [1.54, 1.807) is 19.1 Å². The fourth-order valence-electron chi connectivity index (χ4n) is 1.76. The molecule has 0 aromatic heterocycles. The number of benzene rings is 2. The minimum absolute atomic E-state index is 0.114. The van der Waals surface area contributed by atoms with Gasteiger partial charge in [0.05, 0.1) is 15.5 Å². The van der Waals surface area contributed by atoms with Gasteiger partial charge in [0, 0.05) is 16.6 Å². The zero-order valence-electron chi connectivity index (χ0n) is 10.9. The number of hydrogen-bond acceptors (Lipinski definition) is 4. The van der Waals surface area contributed by atoms with Crippen LogP contribution in [0.3, 0.4) is 0 Å². The Morgan fingerprint density at radius 2 is 1.90 bits per heavy atom. The number of non-ortho nitro benzene ring substituents is 1. The fraction of sp³-hybridized carbons (Fsp3) is 0.0769. The summed E-state index contributed by atoms with van der Waals surface area (Å²) >= 11 is 3.22.